The molecule has 34 heavy (non-hydrogen) atoms. The molecule has 0 radical (unpaired) electrons. The van der Waals surface area contributed by atoms with Gasteiger partial charge in [0, 0.05) is 12.8 Å². The molecule has 0 spiro atoms. The Bertz CT molecular complexity index is 1560. The Hall–Kier alpha value is -4.38. The van der Waals surface area contributed by atoms with Gasteiger partial charge in [0.25, 0.3) is 17.8 Å². The molecule has 0 aliphatic carbocycles. The number of aromatic nitrogens is 7. The second kappa shape index (κ2) is 7.89. The molecule has 5 aromatic rings. The molecular formula is C23H16N8O2S. The smallest absolute Gasteiger partial charge is 0.267 e. The Morgan fingerprint density at radius 3 is 2.32 bits per heavy atom. The molecule has 0 fully saturated rings. The van der Waals surface area contributed by atoms with E-state index >= 15 is 0 Å². The number of para-hydroxylation sites is 2. The molecule has 3 aromatic heterocycles. The lowest BCUT2D eigenvalue weighted by atomic mass is 10.1. The highest BCUT2D eigenvalue weighted by Gasteiger charge is 2.37. The van der Waals surface area contributed by atoms with Crippen molar-refractivity contribution in [3.63, 3.8) is 0 Å². The molecule has 6 rings (SSSR count). The van der Waals surface area contributed by atoms with E-state index in [0.717, 1.165) is 15.9 Å². The second-order valence-electron chi connectivity index (χ2n) is 7.59. The number of thioether (sulfide) groups is 1. The van der Waals surface area contributed by atoms with Gasteiger partial charge in [-0.2, -0.15) is 0 Å². The topological polar surface area (TPSA) is 112 Å². The van der Waals surface area contributed by atoms with E-state index < -0.39 is 0 Å². The quantitative estimate of drug-likeness (QED) is 0.286. The summed E-state index contributed by atoms with van der Waals surface area (Å²) >= 11 is 1.47. The summed E-state index contributed by atoms with van der Waals surface area (Å²) < 4.78 is 3.48. The van der Waals surface area contributed by atoms with E-state index in [0.29, 0.717) is 39.5 Å². The first kappa shape index (κ1) is 20.2. The number of imide groups is 1. The zero-order valence-electron chi connectivity index (χ0n) is 17.9. The number of aryl methyl sites for hydroxylation is 1. The summed E-state index contributed by atoms with van der Waals surface area (Å²) in [7, 11) is 1.77. The Balaban J connectivity index is 1.31. The molecule has 0 N–H and O–H groups in total. The number of carbonyl (C=O) groups is 2. The summed E-state index contributed by atoms with van der Waals surface area (Å²) in [4.78, 5) is 36.1. The van der Waals surface area contributed by atoms with Crippen LogP contribution in [0.5, 0.6) is 0 Å². The van der Waals surface area contributed by atoms with Crippen LogP contribution in [0.15, 0.2) is 71.9 Å². The van der Waals surface area contributed by atoms with Crippen LogP contribution < -0.4 is 4.90 Å². The molecule has 11 heteroatoms. The number of tetrazole rings is 1. The number of amides is 2. The Labute approximate surface area is 197 Å². The van der Waals surface area contributed by atoms with Crippen molar-refractivity contribution < 1.29 is 9.59 Å². The summed E-state index contributed by atoms with van der Waals surface area (Å²) in [6, 6.07) is 19.9. The number of pyridine rings is 1. The van der Waals surface area contributed by atoms with E-state index in [1.807, 2.05) is 34.9 Å². The van der Waals surface area contributed by atoms with Crippen molar-refractivity contribution in [3.8, 4) is 5.95 Å². The normalized spacial score (nSPS) is 13.1. The molecule has 4 heterocycles. The number of fused-ring (bicyclic) bond motifs is 2. The average Bonchev–Trinajstić information content (AvgIpc) is 3.52. The average molecular weight is 469 g/mol. The van der Waals surface area contributed by atoms with E-state index in [1.54, 1.807) is 48.1 Å². The summed E-state index contributed by atoms with van der Waals surface area (Å²) in [5, 5.41) is 12.5. The minimum absolute atomic E-state index is 0.301. The Morgan fingerprint density at radius 1 is 0.853 bits per heavy atom. The molecule has 0 unspecified atom stereocenters. The van der Waals surface area contributed by atoms with Crippen molar-refractivity contribution in [2.24, 2.45) is 7.05 Å². The largest absolute Gasteiger partial charge is 0.268 e. The van der Waals surface area contributed by atoms with Crippen LogP contribution in [0.25, 0.3) is 17.0 Å². The number of hydrogen-bond acceptors (Lipinski definition) is 8. The van der Waals surface area contributed by atoms with E-state index in [2.05, 4.69) is 20.5 Å². The van der Waals surface area contributed by atoms with Crippen LogP contribution in [-0.4, -0.2) is 46.6 Å². The third-order valence-corrected chi connectivity index (χ3v) is 6.46. The van der Waals surface area contributed by atoms with Crippen LogP contribution in [0.3, 0.4) is 0 Å². The van der Waals surface area contributed by atoms with Gasteiger partial charge in [-0.3, -0.25) is 14.2 Å². The molecule has 0 saturated heterocycles. The lowest BCUT2D eigenvalue weighted by Crippen LogP contribution is -2.30. The van der Waals surface area contributed by atoms with Crippen molar-refractivity contribution in [1.82, 2.24) is 34.7 Å². The van der Waals surface area contributed by atoms with Gasteiger partial charge in [0.1, 0.15) is 5.82 Å². The molecule has 0 bridgehead atoms. The van der Waals surface area contributed by atoms with Crippen molar-refractivity contribution in [2.75, 3.05) is 4.90 Å². The molecule has 10 nitrogen and oxygen atoms in total. The van der Waals surface area contributed by atoms with Crippen molar-refractivity contribution in [3.05, 3.63) is 83.6 Å². The van der Waals surface area contributed by atoms with Gasteiger partial charge in [-0.1, -0.05) is 47.2 Å². The van der Waals surface area contributed by atoms with Crippen LogP contribution >= 0.6 is 11.8 Å². The maximum absolute atomic E-state index is 12.8. The Morgan fingerprint density at radius 2 is 1.59 bits per heavy atom. The monoisotopic (exact) mass is 468 g/mol. The fourth-order valence-corrected chi connectivity index (χ4v) is 4.83. The zero-order chi connectivity index (χ0) is 23.2. The first-order valence-corrected chi connectivity index (χ1v) is 11.4. The van der Waals surface area contributed by atoms with E-state index in [9.17, 15) is 9.59 Å². The predicted molar refractivity (Wildman–Crippen MR) is 125 cm³/mol. The fraction of sp³-hybridized carbons (Fsp3) is 0.0870. The highest BCUT2D eigenvalue weighted by Crippen LogP contribution is 2.30. The molecule has 2 amide bonds. The number of rotatable bonds is 5. The van der Waals surface area contributed by atoms with E-state index in [4.69, 9.17) is 4.98 Å². The molecule has 1 aliphatic heterocycles. The minimum Gasteiger partial charge on any atom is -0.268 e. The standard InChI is InChI=1S/C23H16N8O2S/c1-29-22(26-27-28-29)30-18-11-5-4-10-17(18)25-23(30)34-13-14-7-6-12-19(24-14)31-20(32)15-8-2-3-9-16(15)21(31)33/h2-12H,13H2,1H3. The third kappa shape index (κ3) is 3.17. The van der Waals surface area contributed by atoms with Crippen LogP contribution in [0.4, 0.5) is 5.82 Å². The maximum atomic E-state index is 12.8. The van der Waals surface area contributed by atoms with Gasteiger partial charge in [-0.15, -0.1) is 0 Å². The highest BCUT2D eigenvalue weighted by molar-refractivity contribution is 7.98. The number of nitrogens with zero attached hydrogens (tertiary/aromatic N) is 8. The summed E-state index contributed by atoms with van der Waals surface area (Å²) in [5.74, 6) is 0.578. The van der Waals surface area contributed by atoms with Crippen LogP contribution in [0, 0.1) is 0 Å². The van der Waals surface area contributed by atoms with Crippen LogP contribution in [0.1, 0.15) is 26.4 Å². The number of carbonyl (C=O) groups excluding carboxylic acids is 2. The number of imidazole rings is 1. The van der Waals surface area contributed by atoms with E-state index in [-0.39, 0.29) is 11.8 Å². The number of anilines is 1. The Kier molecular flexibility index (Phi) is 4.69. The second-order valence-corrected chi connectivity index (χ2v) is 8.53. The van der Waals surface area contributed by atoms with Crippen molar-refractivity contribution >= 4 is 40.4 Å². The van der Waals surface area contributed by atoms with Gasteiger partial charge < -0.3 is 0 Å². The molecule has 0 saturated carbocycles. The molecular weight excluding hydrogens is 452 g/mol. The van der Waals surface area contributed by atoms with Crippen LogP contribution in [0.2, 0.25) is 0 Å². The first-order chi connectivity index (χ1) is 16.6. The molecule has 2 aromatic carbocycles. The van der Waals surface area contributed by atoms with Crippen molar-refractivity contribution in [1.29, 1.82) is 0 Å². The SMILES string of the molecule is Cn1nnnc1-n1c(SCc2cccc(N3C(=O)c4ccccc4C3=O)n2)nc2ccccc21. The van der Waals surface area contributed by atoms with Crippen molar-refractivity contribution in [2.45, 2.75) is 10.9 Å². The van der Waals surface area contributed by atoms with Gasteiger partial charge in [-0.05, 0) is 46.8 Å². The maximum Gasteiger partial charge on any atom is 0.267 e. The zero-order valence-corrected chi connectivity index (χ0v) is 18.7. The molecule has 166 valence electrons. The van der Waals surface area contributed by atoms with Crippen LogP contribution in [-0.2, 0) is 12.8 Å². The first-order valence-electron chi connectivity index (χ1n) is 10.4. The fourth-order valence-electron chi connectivity index (χ4n) is 3.92. The predicted octanol–water partition coefficient (Wildman–Crippen LogP) is 3.04. The van der Waals surface area contributed by atoms with Gasteiger partial charge in [0.2, 0.25) is 0 Å². The molecule has 1 aliphatic rings. The lowest BCUT2D eigenvalue weighted by Gasteiger charge is -2.13. The van der Waals surface area contributed by atoms with Gasteiger partial charge in [0.15, 0.2) is 5.16 Å². The van der Waals surface area contributed by atoms with Gasteiger partial charge >= 0.3 is 0 Å². The van der Waals surface area contributed by atoms with Gasteiger partial charge in [0.05, 0.1) is 27.9 Å². The number of hydrogen-bond donors (Lipinski definition) is 0. The summed E-state index contributed by atoms with van der Waals surface area (Å²) in [6.45, 7) is 0. The number of benzene rings is 2. The summed E-state index contributed by atoms with van der Waals surface area (Å²) in [6.07, 6.45) is 0. The van der Waals surface area contributed by atoms with Gasteiger partial charge in [-0.25, -0.2) is 19.5 Å². The minimum atomic E-state index is -0.366. The highest BCUT2D eigenvalue weighted by atomic mass is 32.2. The molecule has 0 atom stereocenters. The lowest BCUT2D eigenvalue weighted by molar-refractivity contribution is 0.0925. The third-order valence-electron chi connectivity index (χ3n) is 5.49. The van der Waals surface area contributed by atoms with E-state index in [1.165, 1.54) is 11.8 Å². The summed E-state index contributed by atoms with van der Waals surface area (Å²) in [5.41, 5.74) is 3.19.